The van der Waals surface area contributed by atoms with Gasteiger partial charge in [-0.2, -0.15) is 0 Å². The molecule has 2 rings (SSSR count). The van der Waals surface area contributed by atoms with Crippen LogP contribution < -0.4 is 11.2 Å². The second-order valence-corrected chi connectivity index (χ2v) is 7.96. The Hall–Kier alpha value is -1.16. The number of hydrogen-bond acceptors (Lipinski definition) is 3. The van der Waals surface area contributed by atoms with Gasteiger partial charge in [0.05, 0.1) is 0 Å². The molecule has 0 unspecified atom stereocenters. The number of benzene rings is 1. The molecule has 1 aromatic carbocycles. The minimum absolute atomic E-state index is 0.0922. The highest BCUT2D eigenvalue weighted by molar-refractivity contribution is 6.36. The molecule has 0 aromatic heterocycles. The van der Waals surface area contributed by atoms with Crippen LogP contribution in [0.1, 0.15) is 58.2 Å². The van der Waals surface area contributed by atoms with E-state index in [1.165, 1.54) is 0 Å². The highest BCUT2D eigenvalue weighted by Gasteiger charge is 2.59. The lowest BCUT2D eigenvalue weighted by atomic mass is 9.59. The van der Waals surface area contributed by atoms with Crippen molar-refractivity contribution >= 4 is 13.3 Å². The van der Waals surface area contributed by atoms with Gasteiger partial charge in [-0.05, 0) is 40.2 Å². The minimum atomic E-state index is -0.232. The summed E-state index contributed by atoms with van der Waals surface area (Å²) in [4.78, 5) is 0. The van der Waals surface area contributed by atoms with Gasteiger partial charge in [0.15, 0.2) is 0 Å². The lowest BCUT2D eigenvalue weighted by Gasteiger charge is -2.44. The zero-order chi connectivity index (χ0) is 16.4. The molecule has 1 aliphatic carbocycles. The van der Waals surface area contributed by atoms with Crippen LogP contribution in [-0.4, -0.2) is 24.6 Å². The Morgan fingerprint density at radius 1 is 0.905 bits per heavy atom. The molecule has 0 heterocycles. The number of phenols is 2. The number of rotatable bonds is 2. The Kier molecular flexibility index (Phi) is 3.41. The Bertz CT molecular complexity index is 604. The maximum absolute atomic E-state index is 10.9. The molecule has 1 aromatic rings. The van der Waals surface area contributed by atoms with Gasteiger partial charge in [-0.3, -0.25) is 0 Å². The molecule has 0 saturated carbocycles. The average molecular weight is 289 g/mol. The summed E-state index contributed by atoms with van der Waals surface area (Å²) in [6.07, 6.45) is 0.579. The SMILES string of the molecule is Bc1c(O)c2c(c(O)c1CCN)C(C)(C)C(C)(C)C2(C)C. The first kappa shape index (κ1) is 16.2. The highest BCUT2D eigenvalue weighted by atomic mass is 16.3. The normalized spacial score (nSPS) is 21.3. The van der Waals surface area contributed by atoms with Gasteiger partial charge in [-0.1, -0.05) is 41.5 Å². The molecule has 3 nitrogen and oxygen atoms in total. The highest BCUT2D eigenvalue weighted by Crippen LogP contribution is 2.65. The van der Waals surface area contributed by atoms with E-state index in [2.05, 4.69) is 41.5 Å². The van der Waals surface area contributed by atoms with Crippen molar-refractivity contribution in [2.24, 2.45) is 11.1 Å². The van der Waals surface area contributed by atoms with Gasteiger partial charge in [0, 0.05) is 11.1 Å². The van der Waals surface area contributed by atoms with Crippen LogP contribution in [0.2, 0.25) is 0 Å². The van der Waals surface area contributed by atoms with Gasteiger partial charge in [0.25, 0.3) is 0 Å². The van der Waals surface area contributed by atoms with Crippen molar-refractivity contribution in [2.75, 3.05) is 6.54 Å². The predicted molar refractivity (Wildman–Crippen MR) is 90.5 cm³/mol. The van der Waals surface area contributed by atoms with E-state index in [4.69, 9.17) is 5.73 Å². The van der Waals surface area contributed by atoms with E-state index in [0.717, 1.165) is 22.2 Å². The largest absolute Gasteiger partial charge is 0.508 e. The molecule has 0 bridgehead atoms. The van der Waals surface area contributed by atoms with Gasteiger partial charge in [0.2, 0.25) is 0 Å². The molecule has 0 atom stereocenters. The summed E-state index contributed by atoms with van der Waals surface area (Å²) in [7, 11) is 1.87. The molecule has 4 N–H and O–H groups in total. The van der Waals surface area contributed by atoms with E-state index in [1.807, 2.05) is 7.85 Å². The van der Waals surface area contributed by atoms with Gasteiger partial charge in [0.1, 0.15) is 19.3 Å². The van der Waals surface area contributed by atoms with Crippen molar-refractivity contribution in [3.63, 3.8) is 0 Å². The van der Waals surface area contributed by atoms with E-state index in [0.29, 0.717) is 24.5 Å². The summed E-state index contributed by atoms with van der Waals surface area (Å²) in [5, 5.41) is 21.7. The lowest BCUT2D eigenvalue weighted by molar-refractivity contribution is 0.123. The van der Waals surface area contributed by atoms with E-state index in [1.54, 1.807) is 0 Å². The Morgan fingerprint density at radius 3 is 1.76 bits per heavy atom. The summed E-state index contributed by atoms with van der Waals surface area (Å²) < 4.78 is 0. The number of phenolic OH excluding ortho intramolecular Hbond substituents is 2. The molecule has 0 spiro atoms. The number of hydrogen-bond donors (Lipinski definition) is 3. The first-order valence-corrected chi connectivity index (χ1v) is 7.71. The number of nitrogens with two attached hydrogens (primary N) is 1. The second-order valence-electron chi connectivity index (χ2n) is 7.96. The van der Waals surface area contributed by atoms with Crippen LogP contribution in [0.5, 0.6) is 11.5 Å². The Morgan fingerprint density at radius 2 is 1.33 bits per heavy atom. The molecule has 0 saturated heterocycles. The summed E-state index contributed by atoms with van der Waals surface area (Å²) in [6.45, 7) is 13.5. The van der Waals surface area contributed by atoms with Crippen LogP contribution in [0.4, 0.5) is 0 Å². The van der Waals surface area contributed by atoms with Crippen molar-refractivity contribution in [2.45, 2.75) is 58.8 Å². The molecule has 116 valence electrons. The third-order valence-electron chi connectivity index (χ3n) is 6.59. The number of fused-ring (bicyclic) bond motifs is 1. The standard InChI is InChI=1S/C17H28BNO2/c1-15(2)10-11(16(3,4)17(15,5)6)14(21)12(18)9(7-8-19)13(10)20/h20-21H,7-8,18-19H2,1-6H3. The fourth-order valence-electron chi connectivity index (χ4n) is 3.97. The molecule has 0 radical (unpaired) electrons. The van der Waals surface area contributed by atoms with Crippen LogP contribution in [0, 0.1) is 5.41 Å². The fourth-order valence-corrected chi connectivity index (χ4v) is 3.97. The van der Waals surface area contributed by atoms with Crippen LogP contribution in [0.15, 0.2) is 0 Å². The summed E-state index contributed by atoms with van der Waals surface area (Å²) >= 11 is 0. The quantitative estimate of drug-likeness (QED) is 0.570. The third kappa shape index (κ3) is 1.71. The topological polar surface area (TPSA) is 66.5 Å². The Balaban J connectivity index is 2.95. The van der Waals surface area contributed by atoms with Crippen molar-refractivity contribution in [1.82, 2.24) is 0 Å². The first-order chi connectivity index (χ1) is 9.42. The maximum atomic E-state index is 10.9. The summed E-state index contributed by atoms with van der Waals surface area (Å²) in [5.74, 6) is 0.657. The number of aromatic hydroxyl groups is 2. The molecular weight excluding hydrogens is 261 g/mol. The zero-order valence-electron chi connectivity index (χ0n) is 14.4. The molecular formula is C17H28BNO2. The summed E-state index contributed by atoms with van der Waals surface area (Å²) in [5.41, 5.74) is 8.47. The monoisotopic (exact) mass is 289 g/mol. The van der Waals surface area contributed by atoms with E-state index >= 15 is 0 Å². The third-order valence-corrected chi connectivity index (χ3v) is 6.59. The van der Waals surface area contributed by atoms with E-state index in [-0.39, 0.29) is 16.2 Å². The zero-order valence-corrected chi connectivity index (χ0v) is 14.4. The predicted octanol–water partition coefficient (Wildman–Crippen LogP) is 1.45. The van der Waals surface area contributed by atoms with Gasteiger partial charge >= 0.3 is 0 Å². The van der Waals surface area contributed by atoms with Gasteiger partial charge in [-0.15, -0.1) is 0 Å². The molecule has 0 amide bonds. The molecule has 0 fully saturated rings. The van der Waals surface area contributed by atoms with Gasteiger partial charge < -0.3 is 15.9 Å². The van der Waals surface area contributed by atoms with Gasteiger partial charge in [-0.25, -0.2) is 0 Å². The maximum Gasteiger partial charge on any atom is 0.144 e. The molecule has 1 aliphatic rings. The van der Waals surface area contributed by atoms with Crippen LogP contribution in [0.25, 0.3) is 0 Å². The van der Waals surface area contributed by atoms with Crippen molar-refractivity contribution < 1.29 is 10.2 Å². The minimum Gasteiger partial charge on any atom is -0.508 e. The smallest absolute Gasteiger partial charge is 0.144 e. The van der Waals surface area contributed by atoms with Crippen LogP contribution in [-0.2, 0) is 17.3 Å². The van der Waals surface area contributed by atoms with Crippen LogP contribution >= 0.6 is 0 Å². The van der Waals surface area contributed by atoms with Crippen molar-refractivity contribution in [3.05, 3.63) is 16.7 Å². The van der Waals surface area contributed by atoms with Crippen molar-refractivity contribution in [3.8, 4) is 11.5 Å². The Labute approximate surface area is 129 Å². The van der Waals surface area contributed by atoms with E-state index in [9.17, 15) is 10.2 Å². The first-order valence-electron chi connectivity index (χ1n) is 7.71. The lowest BCUT2D eigenvalue weighted by Crippen LogP contribution is -2.42. The second kappa shape index (κ2) is 4.42. The van der Waals surface area contributed by atoms with Crippen molar-refractivity contribution in [1.29, 1.82) is 0 Å². The van der Waals surface area contributed by atoms with Crippen LogP contribution in [0.3, 0.4) is 0 Å². The molecule has 21 heavy (non-hydrogen) atoms. The average Bonchev–Trinajstić information content (AvgIpc) is 2.47. The molecule has 0 aliphatic heterocycles. The van der Waals surface area contributed by atoms with E-state index < -0.39 is 0 Å². The molecule has 4 heteroatoms. The summed E-state index contributed by atoms with van der Waals surface area (Å²) in [6, 6.07) is 0. The fraction of sp³-hybridized carbons (Fsp3) is 0.647.